The molecule has 0 bridgehead atoms. The molecule has 1 aliphatic rings. The van der Waals surface area contributed by atoms with Crippen molar-refractivity contribution in [2.24, 2.45) is 16.1 Å². The van der Waals surface area contributed by atoms with Gasteiger partial charge in [-0.2, -0.15) is 0 Å². The minimum absolute atomic E-state index is 0.116. The minimum Gasteiger partial charge on any atom is -0.457 e. The van der Waals surface area contributed by atoms with E-state index in [1.54, 1.807) is 0 Å². The van der Waals surface area contributed by atoms with Crippen LogP contribution in [0.2, 0.25) is 0 Å². The molecular weight excluding hydrogens is 290 g/mol. The van der Waals surface area contributed by atoms with Crippen molar-refractivity contribution < 1.29 is 9.47 Å². The molecule has 0 radical (unpaired) electrons. The van der Waals surface area contributed by atoms with E-state index in [1.165, 1.54) is 0 Å². The SMILES string of the molecule is CC1(CN=C(N)Nc2cccc(Oc3ccccc3)c2)COC1. The first kappa shape index (κ1) is 15.4. The fourth-order valence-corrected chi connectivity index (χ4v) is 2.27. The van der Waals surface area contributed by atoms with E-state index in [1.807, 2.05) is 54.6 Å². The zero-order valence-corrected chi connectivity index (χ0v) is 13.2. The van der Waals surface area contributed by atoms with Crippen molar-refractivity contribution >= 4 is 11.6 Å². The van der Waals surface area contributed by atoms with Crippen LogP contribution in [-0.2, 0) is 4.74 Å². The van der Waals surface area contributed by atoms with Gasteiger partial charge in [-0.1, -0.05) is 31.2 Å². The van der Waals surface area contributed by atoms with E-state index in [9.17, 15) is 0 Å². The Bertz CT molecular complexity index is 682. The Morgan fingerprint density at radius 3 is 2.61 bits per heavy atom. The number of anilines is 1. The summed E-state index contributed by atoms with van der Waals surface area (Å²) < 4.78 is 11.0. The molecule has 2 aromatic carbocycles. The van der Waals surface area contributed by atoms with Crippen molar-refractivity contribution in [3.63, 3.8) is 0 Å². The summed E-state index contributed by atoms with van der Waals surface area (Å²) in [5, 5.41) is 3.10. The van der Waals surface area contributed by atoms with E-state index < -0.39 is 0 Å². The fraction of sp³-hybridized carbons (Fsp3) is 0.278. The lowest BCUT2D eigenvalue weighted by Crippen LogP contribution is -2.43. The maximum Gasteiger partial charge on any atom is 0.193 e. The number of nitrogens with zero attached hydrogens (tertiary/aromatic N) is 1. The van der Waals surface area contributed by atoms with E-state index in [-0.39, 0.29) is 5.41 Å². The van der Waals surface area contributed by atoms with Crippen molar-refractivity contribution in [3.05, 3.63) is 54.6 Å². The van der Waals surface area contributed by atoms with Crippen LogP contribution in [-0.4, -0.2) is 25.7 Å². The number of aliphatic imine (C=N–C) groups is 1. The molecule has 0 unspecified atom stereocenters. The minimum atomic E-state index is 0.116. The summed E-state index contributed by atoms with van der Waals surface area (Å²) in [4.78, 5) is 4.39. The summed E-state index contributed by atoms with van der Waals surface area (Å²) in [5.41, 5.74) is 6.91. The first-order chi connectivity index (χ1) is 11.1. The Balaban J connectivity index is 1.61. The number of guanidine groups is 1. The fourth-order valence-electron chi connectivity index (χ4n) is 2.27. The molecule has 5 nitrogen and oxygen atoms in total. The van der Waals surface area contributed by atoms with E-state index >= 15 is 0 Å². The molecule has 5 heteroatoms. The average molecular weight is 311 g/mol. The second-order valence-corrected chi connectivity index (χ2v) is 6.07. The lowest BCUT2D eigenvalue weighted by atomic mass is 9.89. The molecule has 0 saturated carbocycles. The van der Waals surface area contributed by atoms with E-state index in [4.69, 9.17) is 15.2 Å². The van der Waals surface area contributed by atoms with Gasteiger partial charge in [0, 0.05) is 17.2 Å². The van der Waals surface area contributed by atoms with Crippen LogP contribution >= 0.6 is 0 Å². The summed E-state index contributed by atoms with van der Waals surface area (Å²) in [5.74, 6) is 1.94. The topological polar surface area (TPSA) is 68.9 Å². The van der Waals surface area contributed by atoms with Gasteiger partial charge >= 0.3 is 0 Å². The predicted molar refractivity (Wildman–Crippen MR) is 92.0 cm³/mol. The zero-order valence-electron chi connectivity index (χ0n) is 13.2. The molecule has 0 amide bonds. The van der Waals surface area contributed by atoms with Crippen molar-refractivity contribution in [1.29, 1.82) is 0 Å². The third-order valence-corrected chi connectivity index (χ3v) is 3.62. The van der Waals surface area contributed by atoms with Gasteiger partial charge in [-0.15, -0.1) is 0 Å². The van der Waals surface area contributed by atoms with Gasteiger partial charge in [-0.3, -0.25) is 4.99 Å². The van der Waals surface area contributed by atoms with Gasteiger partial charge in [-0.05, 0) is 24.3 Å². The van der Waals surface area contributed by atoms with Gasteiger partial charge in [-0.25, -0.2) is 0 Å². The third kappa shape index (κ3) is 4.23. The normalized spacial score (nSPS) is 16.5. The highest BCUT2D eigenvalue weighted by molar-refractivity contribution is 5.92. The number of nitrogens with two attached hydrogens (primary N) is 1. The highest BCUT2D eigenvalue weighted by atomic mass is 16.5. The largest absolute Gasteiger partial charge is 0.457 e. The van der Waals surface area contributed by atoms with Crippen LogP contribution in [0.25, 0.3) is 0 Å². The molecule has 0 aliphatic carbocycles. The van der Waals surface area contributed by atoms with Crippen LogP contribution in [0.1, 0.15) is 6.92 Å². The number of hydrogen-bond acceptors (Lipinski definition) is 3. The first-order valence-corrected chi connectivity index (χ1v) is 7.61. The van der Waals surface area contributed by atoms with Gasteiger partial charge in [0.05, 0.1) is 19.8 Å². The Morgan fingerprint density at radius 1 is 1.17 bits per heavy atom. The molecular formula is C18H21N3O2. The second kappa shape index (κ2) is 6.71. The molecule has 3 rings (SSSR count). The molecule has 1 fully saturated rings. The summed E-state index contributed by atoms with van der Waals surface area (Å²) in [6.45, 7) is 4.28. The lowest BCUT2D eigenvalue weighted by molar-refractivity contribution is -0.0944. The summed E-state index contributed by atoms with van der Waals surface area (Å²) in [6.07, 6.45) is 0. The molecule has 3 N–H and O–H groups in total. The number of ether oxygens (including phenoxy) is 2. The van der Waals surface area contributed by atoms with Crippen molar-refractivity contribution in [3.8, 4) is 11.5 Å². The molecule has 1 saturated heterocycles. The van der Waals surface area contributed by atoms with Crippen LogP contribution in [0.3, 0.4) is 0 Å². The number of para-hydroxylation sites is 1. The third-order valence-electron chi connectivity index (χ3n) is 3.62. The quantitative estimate of drug-likeness (QED) is 0.657. The van der Waals surface area contributed by atoms with Crippen LogP contribution < -0.4 is 15.8 Å². The molecule has 0 atom stereocenters. The lowest BCUT2D eigenvalue weighted by Gasteiger charge is -2.36. The van der Waals surface area contributed by atoms with Crippen molar-refractivity contribution in [2.45, 2.75) is 6.92 Å². The molecule has 1 heterocycles. The van der Waals surface area contributed by atoms with Crippen LogP contribution in [0.15, 0.2) is 59.6 Å². The van der Waals surface area contributed by atoms with E-state index in [2.05, 4.69) is 17.2 Å². The molecule has 0 aromatic heterocycles. The molecule has 0 spiro atoms. The van der Waals surface area contributed by atoms with Crippen molar-refractivity contribution in [1.82, 2.24) is 0 Å². The van der Waals surface area contributed by atoms with Crippen LogP contribution in [0.5, 0.6) is 11.5 Å². The van der Waals surface area contributed by atoms with Crippen LogP contribution in [0, 0.1) is 5.41 Å². The molecule has 2 aromatic rings. The number of rotatable bonds is 5. The molecule has 23 heavy (non-hydrogen) atoms. The molecule has 1 aliphatic heterocycles. The van der Waals surface area contributed by atoms with Gasteiger partial charge in [0.25, 0.3) is 0 Å². The monoisotopic (exact) mass is 311 g/mol. The smallest absolute Gasteiger partial charge is 0.193 e. The Kier molecular flexibility index (Phi) is 4.48. The number of benzene rings is 2. The summed E-state index contributed by atoms with van der Waals surface area (Å²) >= 11 is 0. The van der Waals surface area contributed by atoms with Crippen molar-refractivity contribution in [2.75, 3.05) is 25.1 Å². The average Bonchev–Trinajstić information content (AvgIpc) is 2.52. The highest BCUT2D eigenvalue weighted by Crippen LogP contribution is 2.27. The zero-order chi connectivity index (χ0) is 16.1. The first-order valence-electron chi connectivity index (χ1n) is 7.61. The number of nitrogens with one attached hydrogen (secondary N) is 1. The standard InChI is InChI=1S/C18H21N3O2/c1-18(12-22-13-18)11-20-17(19)21-14-6-5-9-16(10-14)23-15-7-3-2-4-8-15/h2-10H,11-13H2,1H3,(H3,19,20,21). The Labute approximate surface area is 136 Å². The summed E-state index contributed by atoms with van der Waals surface area (Å²) in [7, 11) is 0. The highest BCUT2D eigenvalue weighted by Gasteiger charge is 2.32. The number of hydrogen-bond donors (Lipinski definition) is 2. The maximum atomic E-state index is 5.95. The van der Waals surface area contributed by atoms with Gasteiger partial charge < -0.3 is 20.5 Å². The Morgan fingerprint density at radius 2 is 1.91 bits per heavy atom. The predicted octanol–water partition coefficient (Wildman–Crippen LogP) is 3.24. The maximum absolute atomic E-state index is 5.95. The second-order valence-electron chi connectivity index (χ2n) is 6.07. The molecule has 120 valence electrons. The Hall–Kier alpha value is -2.53. The van der Waals surface area contributed by atoms with Gasteiger partial charge in [0.15, 0.2) is 5.96 Å². The van der Waals surface area contributed by atoms with E-state index in [0.717, 1.165) is 30.4 Å². The van der Waals surface area contributed by atoms with E-state index in [0.29, 0.717) is 12.5 Å². The summed E-state index contributed by atoms with van der Waals surface area (Å²) in [6, 6.07) is 17.3. The van der Waals surface area contributed by atoms with Gasteiger partial charge in [0.1, 0.15) is 11.5 Å². The van der Waals surface area contributed by atoms with Gasteiger partial charge in [0.2, 0.25) is 0 Å². The van der Waals surface area contributed by atoms with Crippen LogP contribution in [0.4, 0.5) is 5.69 Å².